The van der Waals surface area contributed by atoms with Crippen LogP contribution >= 0.6 is 0 Å². The molecule has 0 fully saturated rings. The Morgan fingerprint density at radius 3 is 2.38 bits per heavy atom. The number of anilines is 3. The minimum Gasteiger partial charge on any atom is -0.491 e. The summed E-state index contributed by atoms with van der Waals surface area (Å²) in [6.45, 7) is 0. The van der Waals surface area contributed by atoms with E-state index in [4.69, 9.17) is 0 Å². The summed E-state index contributed by atoms with van der Waals surface area (Å²) in [6, 6.07) is 12.1. The van der Waals surface area contributed by atoms with Crippen LogP contribution in [0.4, 0.5) is 30.4 Å². The molecule has 1 amide bonds. The fraction of sp³-hybridized carbons (Fsp3) is 0.0476. The normalized spacial score (nSPS) is 10.6. The molecule has 8 nitrogen and oxygen atoms in total. The van der Waals surface area contributed by atoms with Crippen molar-refractivity contribution in [3.8, 4) is 11.6 Å². The summed E-state index contributed by atoms with van der Waals surface area (Å²) >= 11 is 0. The predicted octanol–water partition coefficient (Wildman–Crippen LogP) is 4.08. The van der Waals surface area contributed by atoms with Gasteiger partial charge in [0, 0.05) is 23.8 Å². The number of benzene rings is 2. The number of carbonyl (C=O) groups is 1. The van der Waals surface area contributed by atoms with Gasteiger partial charge in [-0.25, -0.2) is 13.5 Å². The monoisotopic (exact) mass is 440 g/mol. The van der Waals surface area contributed by atoms with Crippen molar-refractivity contribution in [2.45, 2.75) is 0 Å². The highest BCUT2D eigenvalue weighted by atomic mass is 19.2. The van der Waals surface area contributed by atoms with Gasteiger partial charge in [-0.15, -0.1) is 10.2 Å². The van der Waals surface area contributed by atoms with E-state index in [0.717, 1.165) is 7.11 Å². The molecule has 0 radical (unpaired) electrons. The van der Waals surface area contributed by atoms with Gasteiger partial charge in [-0.3, -0.25) is 4.79 Å². The molecule has 0 atom stereocenters. The number of methoxy groups -OCH3 is 1. The van der Waals surface area contributed by atoms with Crippen molar-refractivity contribution in [2.75, 3.05) is 17.7 Å². The van der Waals surface area contributed by atoms with E-state index in [1.54, 1.807) is 59.5 Å². The zero-order chi connectivity index (χ0) is 22.7. The van der Waals surface area contributed by atoms with Gasteiger partial charge in [0.25, 0.3) is 5.91 Å². The summed E-state index contributed by atoms with van der Waals surface area (Å²) in [5.41, 5.74) is 0.268. The third-order valence-electron chi connectivity index (χ3n) is 4.37. The average molecular weight is 440 g/mol. The van der Waals surface area contributed by atoms with Crippen LogP contribution in [-0.2, 0) is 0 Å². The Hall–Kier alpha value is -4.41. The van der Waals surface area contributed by atoms with Gasteiger partial charge < -0.3 is 15.4 Å². The Morgan fingerprint density at radius 2 is 1.75 bits per heavy atom. The van der Waals surface area contributed by atoms with E-state index in [1.807, 2.05) is 0 Å². The third-order valence-corrected chi connectivity index (χ3v) is 4.37. The van der Waals surface area contributed by atoms with Crippen LogP contribution in [0.15, 0.2) is 60.9 Å². The molecule has 162 valence electrons. The first-order chi connectivity index (χ1) is 15.5. The highest BCUT2D eigenvalue weighted by Crippen LogP contribution is 2.27. The summed E-state index contributed by atoms with van der Waals surface area (Å²) in [5, 5.41) is 17.7. The summed E-state index contributed by atoms with van der Waals surface area (Å²) in [4.78, 5) is 12.3. The van der Waals surface area contributed by atoms with Crippen LogP contribution in [-0.4, -0.2) is 33.0 Å². The molecule has 0 unspecified atom stereocenters. The van der Waals surface area contributed by atoms with Gasteiger partial charge in [0.1, 0.15) is 0 Å². The molecule has 0 aliphatic rings. The second-order valence-electron chi connectivity index (χ2n) is 6.45. The number of carbonyl (C=O) groups excluding carboxylic acids is 1. The number of halogens is 3. The third kappa shape index (κ3) is 4.21. The molecule has 4 aromatic rings. The van der Waals surface area contributed by atoms with Crippen LogP contribution in [0.25, 0.3) is 5.82 Å². The van der Waals surface area contributed by atoms with Crippen molar-refractivity contribution in [3.05, 3.63) is 83.9 Å². The summed E-state index contributed by atoms with van der Waals surface area (Å²) < 4.78 is 47.5. The minimum atomic E-state index is -1.50. The van der Waals surface area contributed by atoms with E-state index in [0.29, 0.717) is 29.1 Å². The standard InChI is InChI=1S/C21H15F3N6O2/c1-32-20-18(23)14(11-15(22)19(20)24)21(31)27-13-5-3-12(4-6-13)26-16-7-8-17(29-28-16)30-10-2-9-25-30/h2-11H,1H3,(H,26,28)(H,27,31). The molecule has 0 aliphatic heterocycles. The van der Waals surface area contributed by atoms with Crippen molar-refractivity contribution < 1.29 is 22.7 Å². The number of hydrogen-bond donors (Lipinski definition) is 2. The lowest BCUT2D eigenvalue weighted by Crippen LogP contribution is -2.15. The quantitative estimate of drug-likeness (QED) is 0.439. The first kappa shape index (κ1) is 20.8. The van der Waals surface area contributed by atoms with Gasteiger partial charge in [0.05, 0.1) is 12.7 Å². The van der Waals surface area contributed by atoms with Gasteiger partial charge in [0.2, 0.25) is 5.82 Å². The lowest BCUT2D eigenvalue weighted by atomic mass is 10.1. The maximum atomic E-state index is 14.3. The molecule has 32 heavy (non-hydrogen) atoms. The largest absolute Gasteiger partial charge is 0.491 e. The first-order valence-corrected chi connectivity index (χ1v) is 9.20. The van der Waals surface area contributed by atoms with E-state index in [1.165, 1.54) is 0 Å². The SMILES string of the molecule is COc1c(F)c(F)cc(C(=O)Nc2ccc(Nc3ccc(-n4cccn4)nn3)cc2)c1F. The maximum Gasteiger partial charge on any atom is 0.258 e. The smallest absolute Gasteiger partial charge is 0.258 e. The Balaban J connectivity index is 1.44. The Bertz CT molecular complexity index is 1250. The van der Waals surface area contributed by atoms with Gasteiger partial charge >= 0.3 is 0 Å². The molecular formula is C21H15F3N6O2. The molecule has 0 aliphatic carbocycles. The summed E-state index contributed by atoms with van der Waals surface area (Å²) in [7, 11) is 0.976. The molecule has 0 bridgehead atoms. The van der Waals surface area contributed by atoms with E-state index < -0.39 is 34.7 Å². The fourth-order valence-corrected chi connectivity index (χ4v) is 2.83. The van der Waals surface area contributed by atoms with Gasteiger partial charge in [-0.05, 0) is 48.5 Å². The summed E-state index contributed by atoms with van der Waals surface area (Å²) in [6.07, 6.45) is 3.37. The summed E-state index contributed by atoms with van der Waals surface area (Å²) in [5.74, 6) is -5.08. The Kier molecular flexibility index (Phi) is 5.71. The number of nitrogens with zero attached hydrogens (tertiary/aromatic N) is 4. The lowest BCUT2D eigenvalue weighted by Gasteiger charge is -2.11. The number of ether oxygens (including phenoxy) is 1. The van der Waals surface area contributed by atoms with Crippen LogP contribution in [0.5, 0.6) is 5.75 Å². The molecule has 0 saturated heterocycles. The first-order valence-electron chi connectivity index (χ1n) is 9.20. The predicted molar refractivity (Wildman–Crippen MR) is 110 cm³/mol. The van der Waals surface area contributed by atoms with Crippen LogP contribution in [0, 0.1) is 17.5 Å². The second kappa shape index (κ2) is 8.76. The van der Waals surface area contributed by atoms with Crippen molar-refractivity contribution in [2.24, 2.45) is 0 Å². The fourth-order valence-electron chi connectivity index (χ4n) is 2.83. The van der Waals surface area contributed by atoms with Gasteiger partial charge in [0.15, 0.2) is 29.0 Å². The average Bonchev–Trinajstić information content (AvgIpc) is 3.33. The second-order valence-corrected chi connectivity index (χ2v) is 6.45. The molecule has 0 spiro atoms. The topological polar surface area (TPSA) is 94.0 Å². The number of aromatic nitrogens is 4. The maximum absolute atomic E-state index is 14.3. The van der Waals surface area contributed by atoms with Gasteiger partial charge in [-0.2, -0.15) is 9.49 Å². The zero-order valence-corrected chi connectivity index (χ0v) is 16.5. The highest BCUT2D eigenvalue weighted by molar-refractivity contribution is 6.04. The van der Waals surface area contributed by atoms with Crippen molar-refractivity contribution in [1.29, 1.82) is 0 Å². The van der Waals surface area contributed by atoms with E-state index >= 15 is 0 Å². The number of rotatable bonds is 6. The molecule has 0 saturated carbocycles. The zero-order valence-electron chi connectivity index (χ0n) is 16.5. The minimum absolute atomic E-state index is 0.309. The van der Waals surface area contributed by atoms with Crippen LogP contribution < -0.4 is 15.4 Å². The van der Waals surface area contributed by atoms with Crippen molar-refractivity contribution >= 4 is 23.1 Å². The molecule has 4 rings (SSSR count). The van der Waals surface area contributed by atoms with E-state index in [-0.39, 0.29) is 0 Å². The molecule has 2 aromatic heterocycles. The molecule has 2 heterocycles. The number of hydrogen-bond acceptors (Lipinski definition) is 6. The van der Waals surface area contributed by atoms with Crippen LogP contribution in [0.2, 0.25) is 0 Å². The Morgan fingerprint density at radius 1 is 1.00 bits per heavy atom. The van der Waals surface area contributed by atoms with E-state index in [2.05, 4.69) is 30.7 Å². The molecule has 11 heteroatoms. The van der Waals surface area contributed by atoms with Crippen LogP contribution in [0.1, 0.15) is 10.4 Å². The van der Waals surface area contributed by atoms with Gasteiger partial charge in [-0.1, -0.05) is 0 Å². The van der Waals surface area contributed by atoms with Crippen molar-refractivity contribution in [3.63, 3.8) is 0 Å². The number of nitrogens with one attached hydrogen (secondary N) is 2. The molecule has 2 N–H and O–H groups in total. The van der Waals surface area contributed by atoms with E-state index in [9.17, 15) is 18.0 Å². The lowest BCUT2D eigenvalue weighted by molar-refractivity contribution is 0.102. The van der Waals surface area contributed by atoms with Crippen molar-refractivity contribution in [1.82, 2.24) is 20.0 Å². The Labute approximate surface area is 179 Å². The van der Waals surface area contributed by atoms with Crippen LogP contribution in [0.3, 0.4) is 0 Å². The highest BCUT2D eigenvalue weighted by Gasteiger charge is 2.23. The molecule has 2 aromatic carbocycles. The number of amides is 1. The molecular weight excluding hydrogens is 425 g/mol.